The summed E-state index contributed by atoms with van der Waals surface area (Å²) in [5, 5.41) is 11.6. The molecule has 0 heterocycles. The zero-order chi connectivity index (χ0) is 12.1. The molecule has 0 radical (unpaired) electrons. The van der Waals surface area contributed by atoms with Crippen LogP contribution in [-0.2, 0) is 4.79 Å². The zero-order valence-corrected chi connectivity index (χ0v) is 9.40. The maximum Gasteiger partial charge on any atom is 0.227 e. The van der Waals surface area contributed by atoms with Crippen molar-refractivity contribution in [2.24, 2.45) is 0 Å². The van der Waals surface area contributed by atoms with E-state index in [2.05, 4.69) is 5.32 Å². The van der Waals surface area contributed by atoms with Crippen LogP contribution in [0.25, 0.3) is 0 Å². The van der Waals surface area contributed by atoms with E-state index in [4.69, 9.17) is 5.11 Å². The average Bonchev–Trinajstić information content (AvgIpc) is 2.25. The summed E-state index contributed by atoms with van der Waals surface area (Å²) in [6.07, 6.45) is -0.600. The third kappa shape index (κ3) is 3.31. The predicted octanol–water partition coefficient (Wildman–Crippen LogP) is 1.43. The number of aliphatic hydroxyl groups is 1. The Balaban J connectivity index is 2.67. The number of halogens is 1. The maximum absolute atomic E-state index is 13.4. The molecule has 1 aromatic carbocycles. The molecule has 0 bridgehead atoms. The maximum atomic E-state index is 13.4. The van der Waals surface area contributed by atoms with Gasteiger partial charge in [0, 0.05) is 6.54 Å². The van der Waals surface area contributed by atoms with Crippen LogP contribution in [0.2, 0.25) is 0 Å². The average molecular weight is 225 g/mol. The van der Waals surface area contributed by atoms with Crippen molar-refractivity contribution in [3.05, 3.63) is 35.6 Å². The third-order valence-electron chi connectivity index (χ3n) is 2.34. The zero-order valence-electron chi connectivity index (χ0n) is 9.40. The van der Waals surface area contributed by atoms with Crippen molar-refractivity contribution in [2.45, 2.75) is 25.9 Å². The van der Waals surface area contributed by atoms with Crippen LogP contribution < -0.4 is 5.32 Å². The van der Waals surface area contributed by atoms with Gasteiger partial charge in [0.25, 0.3) is 0 Å². The van der Waals surface area contributed by atoms with Crippen molar-refractivity contribution < 1.29 is 14.3 Å². The van der Waals surface area contributed by atoms with E-state index in [1.165, 1.54) is 6.07 Å². The minimum Gasteiger partial charge on any atom is -0.392 e. The van der Waals surface area contributed by atoms with Gasteiger partial charge in [-0.15, -0.1) is 0 Å². The molecule has 2 unspecified atom stereocenters. The van der Waals surface area contributed by atoms with Crippen molar-refractivity contribution in [3.63, 3.8) is 0 Å². The molecule has 1 amide bonds. The summed E-state index contributed by atoms with van der Waals surface area (Å²) in [5.74, 6) is -1.23. The highest BCUT2D eigenvalue weighted by Gasteiger charge is 2.18. The van der Waals surface area contributed by atoms with E-state index in [1.807, 2.05) is 0 Å². The number of hydrogen-bond acceptors (Lipinski definition) is 2. The second kappa shape index (κ2) is 5.61. The fourth-order valence-corrected chi connectivity index (χ4v) is 1.37. The monoisotopic (exact) mass is 225 g/mol. The Morgan fingerprint density at radius 1 is 1.44 bits per heavy atom. The molecule has 88 valence electrons. The molecule has 0 aromatic heterocycles. The first-order valence-electron chi connectivity index (χ1n) is 5.22. The Bertz CT molecular complexity index is 366. The minimum atomic E-state index is -0.600. The molecule has 1 rings (SSSR count). The Kier molecular flexibility index (Phi) is 4.43. The van der Waals surface area contributed by atoms with Crippen molar-refractivity contribution in [1.82, 2.24) is 5.32 Å². The molecule has 0 spiro atoms. The SMILES string of the molecule is CC(O)CNC(=O)C(C)c1ccccc1F. The van der Waals surface area contributed by atoms with Gasteiger partial charge in [0.15, 0.2) is 0 Å². The first-order chi connectivity index (χ1) is 7.52. The van der Waals surface area contributed by atoms with Crippen LogP contribution in [0.1, 0.15) is 25.3 Å². The highest BCUT2D eigenvalue weighted by Crippen LogP contribution is 2.18. The van der Waals surface area contributed by atoms with E-state index < -0.39 is 12.0 Å². The number of carbonyl (C=O) groups is 1. The van der Waals surface area contributed by atoms with Gasteiger partial charge in [0.1, 0.15) is 5.82 Å². The Morgan fingerprint density at radius 3 is 2.62 bits per heavy atom. The van der Waals surface area contributed by atoms with E-state index in [-0.39, 0.29) is 18.3 Å². The van der Waals surface area contributed by atoms with Gasteiger partial charge in [0.2, 0.25) is 5.91 Å². The Hall–Kier alpha value is -1.42. The van der Waals surface area contributed by atoms with Crippen LogP contribution in [0.15, 0.2) is 24.3 Å². The molecule has 4 heteroatoms. The van der Waals surface area contributed by atoms with Crippen LogP contribution in [0.5, 0.6) is 0 Å². The van der Waals surface area contributed by atoms with Crippen LogP contribution in [-0.4, -0.2) is 23.7 Å². The first-order valence-corrected chi connectivity index (χ1v) is 5.22. The van der Waals surface area contributed by atoms with Gasteiger partial charge >= 0.3 is 0 Å². The lowest BCUT2D eigenvalue weighted by Gasteiger charge is -2.14. The fourth-order valence-electron chi connectivity index (χ4n) is 1.37. The summed E-state index contributed by atoms with van der Waals surface area (Å²) >= 11 is 0. The molecular weight excluding hydrogens is 209 g/mol. The molecule has 0 aliphatic carbocycles. The van der Waals surface area contributed by atoms with Gasteiger partial charge in [0.05, 0.1) is 12.0 Å². The van der Waals surface area contributed by atoms with E-state index >= 15 is 0 Å². The van der Waals surface area contributed by atoms with Crippen molar-refractivity contribution in [1.29, 1.82) is 0 Å². The van der Waals surface area contributed by atoms with Gasteiger partial charge in [-0.2, -0.15) is 0 Å². The summed E-state index contributed by atoms with van der Waals surface area (Å²) in [4.78, 5) is 11.6. The number of amides is 1. The minimum absolute atomic E-state index is 0.178. The summed E-state index contributed by atoms with van der Waals surface area (Å²) < 4.78 is 13.4. The molecule has 0 saturated carbocycles. The van der Waals surface area contributed by atoms with Gasteiger partial charge < -0.3 is 10.4 Å². The smallest absolute Gasteiger partial charge is 0.227 e. The van der Waals surface area contributed by atoms with Crippen molar-refractivity contribution in [2.75, 3.05) is 6.54 Å². The van der Waals surface area contributed by atoms with Crippen LogP contribution in [0.3, 0.4) is 0 Å². The highest BCUT2D eigenvalue weighted by atomic mass is 19.1. The van der Waals surface area contributed by atoms with Gasteiger partial charge in [-0.05, 0) is 25.5 Å². The van der Waals surface area contributed by atoms with Gasteiger partial charge in [-0.3, -0.25) is 4.79 Å². The Morgan fingerprint density at radius 2 is 2.06 bits per heavy atom. The van der Waals surface area contributed by atoms with Gasteiger partial charge in [-0.1, -0.05) is 18.2 Å². The lowest BCUT2D eigenvalue weighted by atomic mass is 10.00. The number of rotatable bonds is 4. The second-order valence-corrected chi connectivity index (χ2v) is 3.84. The van der Waals surface area contributed by atoms with Crippen LogP contribution >= 0.6 is 0 Å². The highest BCUT2D eigenvalue weighted by molar-refractivity contribution is 5.83. The largest absolute Gasteiger partial charge is 0.392 e. The van der Waals surface area contributed by atoms with E-state index in [0.29, 0.717) is 5.56 Å². The number of carbonyl (C=O) groups excluding carboxylic acids is 1. The Labute approximate surface area is 94.3 Å². The van der Waals surface area contributed by atoms with Crippen LogP contribution in [0.4, 0.5) is 4.39 Å². The van der Waals surface area contributed by atoms with E-state index in [1.54, 1.807) is 32.0 Å². The molecule has 0 saturated heterocycles. The summed E-state index contributed by atoms with van der Waals surface area (Å²) in [6.45, 7) is 3.39. The summed E-state index contributed by atoms with van der Waals surface area (Å²) in [6, 6.07) is 6.19. The molecule has 3 nitrogen and oxygen atoms in total. The van der Waals surface area contributed by atoms with Crippen molar-refractivity contribution >= 4 is 5.91 Å². The molecule has 2 N–H and O–H groups in total. The molecule has 0 fully saturated rings. The molecule has 0 aliphatic rings. The summed E-state index contributed by atoms with van der Waals surface area (Å²) in [5.41, 5.74) is 0.366. The lowest BCUT2D eigenvalue weighted by Crippen LogP contribution is -2.33. The number of hydrogen-bond donors (Lipinski definition) is 2. The molecule has 1 aromatic rings. The molecule has 2 atom stereocenters. The molecule has 0 aliphatic heterocycles. The standard InChI is InChI=1S/C12H16FNO2/c1-8(15)7-14-12(16)9(2)10-5-3-4-6-11(10)13/h3-6,8-9,15H,7H2,1-2H3,(H,14,16). The number of aliphatic hydroxyl groups excluding tert-OH is 1. The van der Waals surface area contributed by atoms with Crippen molar-refractivity contribution in [3.8, 4) is 0 Å². The normalized spacial score (nSPS) is 14.2. The summed E-state index contributed by atoms with van der Waals surface area (Å²) in [7, 11) is 0. The van der Waals surface area contributed by atoms with E-state index in [9.17, 15) is 9.18 Å². The lowest BCUT2D eigenvalue weighted by molar-refractivity contribution is -0.122. The quantitative estimate of drug-likeness (QED) is 0.814. The number of benzene rings is 1. The molecular formula is C12H16FNO2. The fraction of sp³-hybridized carbons (Fsp3) is 0.417. The topological polar surface area (TPSA) is 49.3 Å². The van der Waals surface area contributed by atoms with Gasteiger partial charge in [-0.25, -0.2) is 4.39 Å². The van der Waals surface area contributed by atoms with Crippen LogP contribution in [0, 0.1) is 5.82 Å². The predicted molar refractivity (Wildman–Crippen MR) is 59.5 cm³/mol. The second-order valence-electron chi connectivity index (χ2n) is 3.84. The number of nitrogens with one attached hydrogen (secondary N) is 1. The first kappa shape index (κ1) is 12.6. The third-order valence-corrected chi connectivity index (χ3v) is 2.34. The van der Waals surface area contributed by atoms with E-state index in [0.717, 1.165) is 0 Å². The molecule has 16 heavy (non-hydrogen) atoms.